The molecule has 1 aliphatic heterocycles. The number of benzene rings is 2. The topological polar surface area (TPSA) is 35.5 Å². The standard InChI is InChI=1S/C17H16O3/c18-17(14-9-5-2-6-10-14)20-16-12-19-11-15(16)13-7-3-1-4-8-13/h1-10,15-16H,11-12H2/t15-,16-/m1/s1. The van der Waals surface area contributed by atoms with Crippen molar-refractivity contribution in [2.45, 2.75) is 12.0 Å². The lowest BCUT2D eigenvalue weighted by Crippen LogP contribution is -2.24. The van der Waals surface area contributed by atoms with Crippen LogP contribution in [0.5, 0.6) is 0 Å². The van der Waals surface area contributed by atoms with Crippen molar-refractivity contribution in [2.24, 2.45) is 0 Å². The molecular weight excluding hydrogens is 252 g/mol. The van der Waals surface area contributed by atoms with Crippen LogP contribution in [0.2, 0.25) is 0 Å². The molecule has 102 valence electrons. The van der Waals surface area contributed by atoms with Gasteiger partial charge in [0.25, 0.3) is 0 Å². The summed E-state index contributed by atoms with van der Waals surface area (Å²) in [7, 11) is 0. The summed E-state index contributed by atoms with van der Waals surface area (Å²) in [6.07, 6.45) is -0.217. The van der Waals surface area contributed by atoms with Crippen LogP contribution in [-0.2, 0) is 9.47 Å². The van der Waals surface area contributed by atoms with Gasteiger partial charge in [0.2, 0.25) is 0 Å². The van der Waals surface area contributed by atoms with Crippen molar-refractivity contribution in [1.82, 2.24) is 0 Å². The van der Waals surface area contributed by atoms with Crippen LogP contribution < -0.4 is 0 Å². The zero-order chi connectivity index (χ0) is 13.8. The van der Waals surface area contributed by atoms with Crippen LogP contribution in [0.25, 0.3) is 0 Å². The van der Waals surface area contributed by atoms with E-state index in [1.165, 1.54) is 0 Å². The summed E-state index contributed by atoms with van der Waals surface area (Å²) in [6, 6.07) is 19.1. The van der Waals surface area contributed by atoms with Crippen molar-refractivity contribution in [2.75, 3.05) is 13.2 Å². The Hall–Kier alpha value is -2.13. The summed E-state index contributed by atoms with van der Waals surface area (Å²) in [6.45, 7) is 1.05. The van der Waals surface area contributed by atoms with Crippen molar-refractivity contribution in [3.8, 4) is 0 Å². The molecule has 3 nitrogen and oxygen atoms in total. The normalized spacial score (nSPS) is 21.6. The van der Waals surface area contributed by atoms with Gasteiger partial charge in [-0.3, -0.25) is 0 Å². The Morgan fingerprint density at radius 2 is 1.60 bits per heavy atom. The monoisotopic (exact) mass is 268 g/mol. The Kier molecular flexibility index (Phi) is 3.79. The first-order chi connectivity index (χ1) is 9.84. The second-order valence-electron chi connectivity index (χ2n) is 4.86. The van der Waals surface area contributed by atoms with E-state index in [9.17, 15) is 4.79 Å². The van der Waals surface area contributed by atoms with E-state index < -0.39 is 0 Å². The lowest BCUT2D eigenvalue weighted by molar-refractivity contribution is 0.0246. The minimum absolute atomic E-state index is 0.115. The van der Waals surface area contributed by atoms with Crippen molar-refractivity contribution in [1.29, 1.82) is 0 Å². The molecule has 0 unspecified atom stereocenters. The summed E-state index contributed by atoms with van der Waals surface area (Å²) in [5, 5.41) is 0. The molecule has 1 heterocycles. The fourth-order valence-electron chi connectivity index (χ4n) is 2.44. The van der Waals surface area contributed by atoms with Crippen LogP contribution >= 0.6 is 0 Å². The molecule has 2 atom stereocenters. The molecule has 1 fully saturated rings. The number of ether oxygens (including phenoxy) is 2. The molecule has 2 aromatic rings. The van der Waals surface area contributed by atoms with Crippen LogP contribution in [0.3, 0.4) is 0 Å². The fraction of sp³-hybridized carbons (Fsp3) is 0.235. The third kappa shape index (κ3) is 2.73. The SMILES string of the molecule is O=C(O[C@@H]1COC[C@@H]1c1ccccc1)c1ccccc1. The fourth-order valence-corrected chi connectivity index (χ4v) is 2.44. The molecular formula is C17H16O3. The highest BCUT2D eigenvalue weighted by Crippen LogP contribution is 2.28. The predicted molar refractivity (Wildman–Crippen MR) is 75.6 cm³/mol. The van der Waals surface area contributed by atoms with Gasteiger partial charge in [0.05, 0.1) is 18.8 Å². The van der Waals surface area contributed by atoms with Gasteiger partial charge in [-0.15, -0.1) is 0 Å². The number of carbonyl (C=O) groups is 1. The molecule has 20 heavy (non-hydrogen) atoms. The Morgan fingerprint density at radius 1 is 0.950 bits per heavy atom. The van der Waals surface area contributed by atoms with Gasteiger partial charge < -0.3 is 9.47 Å². The average molecular weight is 268 g/mol. The zero-order valence-electron chi connectivity index (χ0n) is 11.1. The molecule has 2 aromatic carbocycles. The molecule has 0 spiro atoms. The summed E-state index contributed by atoms with van der Waals surface area (Å²) in [4.78, 5) is 12.1. The number of hydrogen-bond donors (Lipinski definition) is 0. The quantitative estimate of drug-likeness (QED) is 0.803. The van der Waals surface area contributed by atoms with Crippen LogP contribution in [0, 0.1) is 0 Å². The van der Waals surface area contributed by atoms with Gasteiger partial charge in [0, 0.05) is 5.92 Å². The van der Waals surface area contributed by atoms with E-state index in [0.29, 0.717) is 18.8 Å². The highest BCUT2D eigenvalue weighted by atomic mass is 16.6. The highest BCUT2D eigenvalue weighted by molar-refractivity contribution is 5.89. The van der Waals surface area contributed by atoms with E-state index >= 15 is 0 Å². The predicted octanol–water partition coefficient (Wildman–Crippen LogP) is 3.03. The maximum absolute atomic E-state index is 12.1. The summed E-state index contributed by atoms with van der Waals surface area (Å²) >= 11 is 0. The highest BCUT2D eigenvalue weighted by Gasteiger charge is 2.32. The molecule has 0 amide bonds. The minimum atomic E-state index is -0.290. The van der Waals surface area contributed by atoms with Crippen LogP contribution in [-0.4, -0.2) is 25.3 Å². The first-order valence-electron chi connectivity index (χ1n) is 6.73. The molecule has 1 aliphatic rings. The average Bonchev–Trinajstić information content (AvgIpc) is 2.97. The molecule has 0 aromatic heterocycles. The maximum Gasteiger partial charge on any atom is 0.338 e. The van der Waals surface area contributed by atoms with Gasteiger partial charge in [-0.05, 0) is 17.7 Å². The van der Waals surface area contributed by atoms with Crippen LogP contribution in [0.4, 0.5) is 0 Å². The molecule has 0 N–H and O–H groups in total. The van der Waals surface area contributed by atoms with E-state index in [4.69, 9.17) is 9.47 Å². The van der Waals surface area contributed by atoms with Gasteiger partial charge in [0.1, 0.15) is 6.10 Å². The number of carbonyl (C=O) groups excluding carboxylic acids is 1. The molecule has 3 rings (SSSR count). The lowest BCUT2D eigenvalue weighted by atomic mass is 9.96. The third-order valence-corrected chi connectivity index (χ3v) is 3.52. The molecule has 0 aliphatic carbocycles. The first-order valence-corrected chi connectivity index (χ1v) is 6.73. The summed E-state index contributed by atoms with van der Waals surface area (Å²) < 4.78 is 11.1. The Morgan fingerprint density at radius 3 is 2.30 bits per heavy atom. The van der Waals surface area contributed by atoms with Crippen LogP contribution in [0.15, 0.2) is 60.7 Å². The van der Waals surface area contributed by atoms with E-state index in [1.54, 1.807) is 12.1 Å². The minimum Gasteiger partial charge on any atom is -0.456 e. The molecule has 0 bridgehead atoms. The van der Waals surface area contributed by atoms with Crippen molar-refractivity contribution >= 4 is 5.97 Å². The summed E-state index contributed by atoms with van der Waals surface area (Å²) in [5.74, 6) is -0.175. The van der Waals surface area contributed by atoms with Crippen molar-refractivity contribution in [3.05, 3.63) is 71.8 Å². The molecule has 0 saturated carbocycles. The van der Waals surface area contributed by atoms with Crippen LogP contribution in [0.1, 0.15) is 21.8 Å². The van der Waals surface area contributed by atoms with Gasteiger partial charge in [-0.2, -0.15) is 0 Å². The third-order valence-electron chi connectivity index (χ3n) is 3.52. The van der Waals surface area contributed by atoms with Crippen molar-refractivity contribution in [3.63, 3.8) is 0 Å². The largest absolute Gasteiger partial charge is 0.456 e. The Labute approximate surface area is 118 Å². The van der Waals surface area contributed by atoms with Crippen molar-refractivity contribution < 1.29 is 14.3 Å². The van der Waals surface area contributed by atoms with Gasteiger partial charge in [0.15, 0.2) is 0 Å². The second kappa shape index (κ2) is 5.88. The summed E-state index contributed by atoms with van der Waals surface area (Å²) in [5.41, 5.74) is 1.72. The Balaban J connectivity index is 1.72. The molecule has 1 saturated heterocycles. The number of rotatable bonds is 3. The van der Waals surface area contributed by atoms with E-state index in [1.807, 2.05) is 48.5 Å². The van der Waals surface area contributed by atoms with E-state index in [-0.39, 0.29) is 18.0 Å². The number of esters is 1. The molecule has 3 heteroatoms. The first kappa shape index (κ1) is 12.9. The van der Waals surface area contributed by atoms with Gasteiger partial charge in [-0.25, -0.2) is 4.79 Å². The van der Waals surface area contributed by atoms with Gasteiger partial charge >= 0.3 is 5.97 Å². The lowest BCUT2D eigenvalue weighted by Gasteiger charge is -2.18. The smallest absolute Gasteiger partial charge is 0.338 e. The maximum atomic E-state index is 12.1. The molecule has 0 radical (unpaired) electrons. The zero-order valence-corrected chi connectivity index (χ0v) is 11.1. The Bertz CT molecular complexity index is 565. The van der Waals surface area contributed by atoms with E-state index in [0.717, 1.165) is 5.56 Å². The second-order valence-corrected chi connectivity index (χ2v) is 4.86. The number of hydrogen-bond acceptors (Lipinski definition) is 3. The van der Waals surface area contributed by atoms with E-state index in [2.05, 4.69) is 0 Å². The van der Waals surface area contributed by atoms with Gasteiger partial charge in [-0.1, -0.05) is 48.5 Å².